The van der Waals surface area contributed by atoms with Crippen LogP contribution in [-0.4, -0.2) is 94.9 Å². The molecule has 1 fully saturated rings. The Morgan fingerprint density at radius 3 is 2.65 bits per heavy atom. The molecule has 3 heterocycles. The van der Waals surface area contributed by atoms with Gasteiger partial charge in [0, 0.05) is 25.2 Å². The Labute approximate surface area is 239 Å². The number of ether oxygens (including phenoxy) is 4. The molecule has 2 aliphatic heterocycles. The first-order valence-electron chi connectivity index (χ1n) is 12.3. The molecular formula is C24H33N5O9S2. The van der Waals surface area contributed by atoms with E-state index >= 15 is 0 Å². The zero-order valence-electron chi connectivity index (χ0n) is 22.8. The highest BCUT2D eigenvalue weighted by atomic mass is 32.2. The number of β-lactam (4-membered cyclic amide) rings is 1. The van der Waals surface area contributed by atoms with Gasteiger partial charge in [0.05, 0.1) is 25.2 Å². The number of carbonyl (C=O) groups excluding carboxylic acids is 4. The third kappa shape index (κ3) is 6.92. The lowest BCUT2D eigenvalue weighted by Crippen LogP contribution is -2.71. The third-order valence-corrected chi connectivity index (χ3v) is 8.31. The molecule has 220 valence electrons. The number of fused-ring (bicyclic) bond motifs is 1. The van der Waals surface area contributed by atoms with Crippen molar-refractivity contribution in [2.45, 2.75) is 51.8 Å². The zero-order valence-corrected chi connectivity index (χ0v) is 24.4. The number of hydrogen-bond donors (Lipinski definition) is 3. The van der Waals surface area contributed by atoms with E-state index < -0.39 is 52.6 Å². The first-order valence-corrected chi connectivity index (χ1v) is 14.3. The molecule has 0 radical (unpaired) electrons. The third-order valence-electron chi connectivity index (χ3n) is 6.30. The molecule has 0 spiro atoms. The van der Waals surface area contributed by atoms with Crippen molar-refractivity contribution in [2.24, 2.45) is 10.6 Å². The number of carbonyl (C=O) groups is 4. The number of nitrogens with two attached hydrogens (primary N) is 1. The molecule has 2 unspecified atom stereocenters. The number of nitrogen functional groups attached to an aromatic ring is 1. The quantitative estimate of drug-likeness (QED) is 0.0557. The van der Waals surface area contributed by atoms with Gasteiger partial charge in [-0.1, -0.05) is 12.1 Å². The molecule has 1 aromatic heterocycles. The fraction of sp³-hybridized carbons (Fsp3) is 0.583. The molecule has 0 bridgehead atoms. The number of methoxy groups -OCH3 is 1. The predicted molar refractivity (Wildman–Crippen MR) is 145 cm³/mol. The van der Waals surface area contributed by atoms with Gasteiger partial charge < -0.3 is 35.2 Å². The number of rotatable bonds is 13. The van der Waals surface area contributed by atoms with Crippen LogP contribution in [0.2, 0.25) is 0 Å². The van der Waals surface area contributed by atoms with Crippen LogP contribution < -0.4 is 11.1 Å². The summed E-state index contributed by atoms with van der Waals surface area (Å²) in [6, 6.07) is -1.02. The van der Waals surface area contributed by atoms with Crippen LogP contribution in [0.1, 0.15) is 39.8 Å². The Morgan fingerprint density at radius 2 is 2.05 bits per heavy atom. The molecule has 4 N–H and O–H groups in total. The molecular weight excluding hydrogens is 566 g/mol. The second kappa shape index (κ2) is 13.4. The van der Waals surface area contributed by atoms with Crippen molar-refractivity contribution in [1.29, 1.82) is 0 Å². The molecule has 2 amide bonds. The molecule has 0 saturated carbocycles. The number of aromatic nitrogens is 1. The molecule has 0 aromatic carbocycles. The average molecular weight is 600 g/mol. The largest absolute Gasteiger partial charge is 0.425 e. The van der Waals surface area contributed by atoms with Gasteiger partial charge in [-0.3, -0.25) is 19.3 Å². The molecule has 16 heteroatoms. The normalized spacial score (nSPS) is 20.0. The van der Waals surface area contributed by atoms with Gasteiger partial charge in [-0.05, 0) is 25.8 Å². The monoisotopic (exact) mass is 599 g/mol. The number of thioether (sulfide) groups is 1. The van der Waals surface area contributed by atoms with E-state index in [0.717, 1.165) is 11.3 Å². The van der Waals surface area contributed by atoms with Crippen molar-refractivity contribution in [3.05, 3.63) is 22.3 Å². The van der Waals surface area contributed by atoms with Crippen molar-refractivity contribution in [1.82, 2.24) is 15.2 Å². The van der Waals surface area contributed by atoms with Crippen molar-refractivity contribution >= 4 is 57.7 Å². The maximum atomic E-state index is 13.3. The number of nitrogens with one attached hydrogen (secondary N) is 1. The Morgan fingerprint density at radius 1 is 1.32 bits per heavy atom. The first kappa shape index (κ1) is 31.3. The Balaban J connectivity index is 1.77. The summed E-state index contributed by atoms with van der Waals surface area (Å²) in [7, 11) is 1.53. The number of esters is 2. The van der Waals surface area contributed by atoms with Crippen LogP contribution in [0.5, 0.6) is 0 Å². The SMILES string of the molecule is CCC(C)(C)C(=O)OC(C)OC(=O)C1=C(COCCOC)CS[C@H]2C(NC(=O)/C(=N\O)c3csc(N)n3)C(=O)N12. The van der Waals surface area contributed by atoms with Crippen molar-refractivity contribution in [3.63, 3.8) is 0 Å². The summed E-state index contributed by atoms with van der Waals surface area (Å²) in [5.74, 6) is -2.54. The van der Waals surface area contributed by atoms with Crippen LogP contribution in [0.15, 0.2) is 21.8 Å². The highest BCUT2D eigenvalue weighted by Gasteiger charge is 2.55. The highest BCUT2D eigenvalue weighted by molar-refractivity contribution is 8.00. The van der Waals surface area contributed by atoms with Crippen LogP contribution in [0.3, 0.4) is 0 Å². The lowest BCUT2D eigenvalue weighted by Gasteiger charge is -2.49. The number of oxime groups is 1. The Bertz CT molecular complexity index is 1200. The molecule has 3 rings (SSSR count). The van der Waals surface area contributed by atoms with Gasteiger partial charge in [-0.2, -0.15) is 0 Å². The minimum Gasteiger partial charge on any atom is -0.425 e. The van der Waals surface area contributed by atoms with Gasteiger partial charge >= 0.3 is 11.9 Å². The number of nitrogens with zero attached hydrogens (tertiary/aromatic N) is 3. The van der Waals surface area contributed by atoms with E-state index in [-0.39, 0.29) is 29.7 Å². The highest BCUT2D eigenvalue weighted by Crippen LogP contribution is 2.41. The molecule has 2 aliphatic rings. The van der Waals surface area contributed by atoms with E-state index in [0.29, 0.717) is 24.4 Å². The summed E-state index contributed by atoms with van der Waals surface area (Å²) in [6.07, 6.45) is -0.698. The summed E-state index contributed by atoms with van der Waals surface area (Å²) in [5, 5.41) is 15.9. The molecule has 40 heavy (non-hydrogen) atoms. The van der Waals surface area contributed by atoms with E-state index in [9.17, 15) is 24.4 Å². The Hall–Kier alpha value is -3.21. The minimum atomic E-state index is -1.22. The van der Waals surface area contributed by atoms with E-state index in [4.69, 9.17) is 24.7 Å². The molecule has 1 aromatic rings. The fourth-order valence-corrected chi connectivity index (χ4v) is 5.50. The topological polar surface area (TPSA) is 192 Å². The van der Waals surface area contributed by atoms with E-state index in [1.165, 1.54) is 36.1 Å². The van der Waals surface area contributed by atoms with Crippen molar-refractivity contribution in [2.75, 3.05) is 38.4 Å². The average Bonchev–Trinajstić information content (AvgIpc) is 3.34. The van der Waals surface area contributed by atoms with E-state index in [1.54, 1.807) is 13.8 Å². The number of hydrogen-bond acceptors (Lipinski definition) is 14. The summed E-state index contributed by atoms with van der Waals surface area (Å²) in [4.78, 5) is 56.9. The van der Waals surface area contributed by atoms with Gasteiger partial charge in [-0.25, -0.2) is 9.78 Å². The van der Waals surface area contributed by atoms with Crippen LogP contribution in [-0.2, 0) is 38.1 Å². The Kier molecular flexibility index (Phi) is 10.5. The van der Waals surface area contributed by atoms with Gasteiger partial charge in [0.25, 0.3) is 11.8 Å². The van der Waals surface area contributed by atoms with Gasteiger partial charge in [-0.15, -0.1) is 23.1 Å². The predicted octanol–water partition coefficient (Wildman–Crippen LogP) is 1.09. The van der Waals surface area contributed by atoms with E-state index in [1.807, 2.05) is 6.92 Å². The summed E-state index contributed by atoms with van der Waals surface area (Å²) < 4.78 is 21.3. The second-order valence-corrected chi connectivity index (χ2v) is 11.5. The van der Waals surface area contributed by atoms with E-state index in [2.05, 4.69) is 15.5 Å². The minimum absolute atomic E-state index is 0.0257. The molecule has 1 saturated heterocycles. The summed E-state index contributed by atoms with van der Waals surface area (Å²) >= 11 is 2.36. The van der Waals surface area contributed by atoms with Crippen LogP contribution >= 0.6 is 23.1 Å². The maximum absolute atomic E-state index is 13.3. The van der Waals surface area contributed by atoms with Crippen LogP contribution in [0.4, 0.5) is 5.13 Å². The lowest BCUT2D eigenvalue weighted by molar-refractivity contribution is -0.190. The van der Waals surface area contributed by atoms with Crippen LogP contribution in [0.25, 0.3) is 0 Å². The number of thiazole rings is 1. The summed E-state index contributed by atoms with van der Waals surface area (Å²) in [5.41, 5.74) is 4.92. The molecule has 3 atom stereocenters. The smallest absolute Gasteiger partial charge is 0.358 e. The first-order chi connectivity index (χ1) is 18.9. The fourth-order valence-electron chi connectivity index (χ4n) is 3.62. The maximum Gasteiger partial charge on any atom is 0.358 e. The van der Waals surface area contributed by atoms with Crippen molar-refractivity contribution < 1.29 is 43.3 Å². The molecule has 14 nitrogen and oxygen atoms in total. The zero-order chi connectivity index (χ0) is 29.6. The van der Waals surface area contributed by atoms with Crippen molar-refractivity contribution in [3.8, 4) is 0 Å². The second-order valence-electron chi connectivity index (χ2n) is 9.49. The molecule has 0 aliphatic carbocycles. The van der Waals surface area contributed by atoms with Gasteiger partial charge in [0.15, 0.2) is 10.8 Å². The van der Waals surface area contributed by atoms with Gasteiger partial charge in [0.2, 0.25) is 6.29 Å². The number of anilines is 1. The lowest BCUT2D eigenvalue weighted by atomic mass is 9.91. The number of amides is 2. The summed E-state index contributed by atoms with van der Waals surface area (Å²) in [6.45, 7) is 7.30. The van der Waals surface area contributed by atoms with Gasteiger partial charge in [0.1, 0.15) is 22.8 Å². The van der Waals surface area contributed by atoms with Crippen LogP contribution in [0, 0.1) is 5.41 Å². The standard InChI is InChI=1S/C24H33N5O9S2/c1-6-24(3,4)22(33)38-12(2)37-21(32)17-13(9-36-8-7-35-5)10-39-20-16(19(31)29(17)20)27-18(30)15(28-34)14-11-40-23(25)26-14/h11-12,16,20,34H,6-10H2,1-5H3,(H2,25,26)(H,27,30)/b28-15-/t12?,16?,20-/m0/s1.